The molecule has 2 aromatic rings. The van der Waals surface area contributed by atoms with Crippen molar-refractivity contribution in [1.29, 1.82) is 0 Å². The van der Waals surface area contributed by atoms with Crippen LogP contribution in [-0.4, -0.2) is 21.0 Å². The van der Waals surface area contributed by atoms with Crippen molar-refractivity contribution in [2.45, 2.75) is 0 Å². The van der Waals surface area contributed by atoms with Gasteiger partial charge in [0.2, 0.25) is 5.88 Å². The van der Waals surface area contributed by atoms with Crippen molar-refractivity contribution in [3.05, 3.63) is 55.6 Å². The second-order valence-corrected chi connectivity index (χ2v) is 4.93. The number of rotatable bonds is 4. The molecule has 0 aliphatic carbocycles. The minimum atomic E-state index is -1.30. The van der Waals surface area contributed by atoms with Crippen LogP contribution in [0.1, 0.15) is 10.5 Å². The number of carboxylic acids is 1. The molecule has 1 aromatic carbocycles. The molecule has 108 valence electrons. The van der Waals surface area contributed by atoms with Crippen LogP contribution in [0.4, 0.5) is 5.69 Å². The van der Waals surface area contributed by atoms with E-state index in [9.17, 15) is 14.9 Å². The molecule has 0 radical (unpaired) electrons. The third-order valence-electron chi connectivity index (χ3n) is 2.38. The lowest BCUT2D eigenvalue weighted by Crippen LogP contribution is -2.02. The van der Waals surface area contributed by atoms with E-state index < -0.39 is 10.9 Å². The third kappa shape index (κ3) is 3.29. The van der Waals surface area contributed by atoms with E-state index in [1.807, 2.05) is 0 Å². The number of aromatic nitrogens is 1. The number of hydrogen-bond acceptors (Lipinski definition) is 5. The standard InChI is InChI=1S/C12H6BrClN2O5/c13-10-7(16(19)20)2-1-3-8(10)21-9-5-4-6(14)11(15-9)12(17)18/h1-5H,(H,17,18). The summed E-state index contributed by atoms with van der Waals surface area (Å²) in [4.78, 5) is 24.9. The second-order valence-electron chi connectivity index (χ2n) is 3.73. The monoisotopic (exact) mass is 372 g/mol. The molecule has 21 heavy (non-hydrogen) atoms. The molecule has 0 aliphatic heterocycles. The van der Waals surface area contributed by atoms with Gasteiger partial charge in [0.15, 0.2) is 11.4 Å². The zero-order chi connectivity index (χ0) is 15.6. The molecule has 9 heteroatoms. The molecule has 0 bridgehead atoms. The van der Waals surface area contributed by atoms with E-state index >= 15 is 0 Å². The molecule has 7 nitrogen and oxygen atoms in total. The average molecular weight is 374 g/mol. The van der Waals surface area contributed by atoms with Crippen LogP contribution in [-0.2, 0) is 0 Å². The number of halogens is 2. The van der Waals surface area contributed by atoms with Gasteiger partial charge >= 0.3 is 5.97 Å². The van der Waals surface area contributed by atoms with Crippen LogP contribution in [0.15, 0.2) is 34.8 Å². The number of nitro groups is 1. The molecule has 1 N–H and O–H groups in total. The maximum absolute atomic E-state index is 10.9. The van der Waals surface area contributed by atoms with Gasteiger partial charge in [0.25, 0.3) is 5.69 Å². The molecule has 2 rings (SSSR count). The molecule has 1 heterocycles. The van der Waals surface area contributed by atoms with Crippen molar-refractivity contribution >= 4 is 39.2 Å². The second kappa shape index (κ2) is 6.06. The zero-order valence-corrected chi connectivity index (χ0v) is 12.5. The Labute approximate surface area is 131 Å². The van der Waals surface area contributed by atoms with E-state index in [1.165, 1.54) is 30.3 Å². The lowest BCUT2D eigenvalue weighted by molar-refractivity contribution is -0.385. The Morgan fingerprint density at radius 2 is 2.10 bits per heavy atom. The van der Waals surface area contributed by atoms with Crippen molar-refractivity contribution in [2.24, 2.45) is 0 Å². The van der Waals surface area contributed by atoms with Gasteiger partial charge in [-0.15, -0.1) is 0 Å². The van der Waals surface area contributed by atoms with Gasteiger partial charge in [0.1, 0.15) is 4.47 Å². The van der Waals surface area contributed by atoms with Gasteiger partial charge in [-0.3, -0.25) is 10.1 Å². The summed E-state index contributed by atoms with van der Waals surface area (Å²) in [6, 6.07) is 6.90. The molecule has 0 saturated heterocycles. The quantitative estimate of drug-likeness (QED) is 0.644. The highest BCUT2D eigenvalue weighted by Crippen LogP contribution is 2.36. The molecule has 0 amide bonds. The van der Waals surface area contributed by atoms with Gasteiger partial charge < -0.3 is 9.84 Å². The fourth-order valence-corrected chi connectivity index (χ4v) is 2.14. The Morgan fingerprint density at radius 3 is 2.71 bits per heavy atom. The maximum atomic E-state index is 10.9. The van der Waals surface area contributed by atoms with Crippen molar-refractivity contribution in [2.75, 3.05) is 0 Å². The summed E-state index contributed by atoms with van der Waals surface area (Å²) in [5.41, 5.74) is -0.546. The summed E-state index contributed by atoms with van der Waals surface area (Å²) in [6.45, 7) is 0. The van der Waals surface area contributed by atoms with Crippen molar-refractivity contribution < 1.29 is 19.6 Å². The predicted molar refractivity (Wildman–Crippen MR) is 77.1 cm³/mol. The Bertz CT molecular complexity index is 738. The smallest absolute Gasteiger partial charge is 0.356 e. The number of aromatic carboxylic acids is 1. The summed E-state index contributed by atoms with van der Waals surface area (Å²) in [7, 11) is 0. The number of nitrogens with zero attached hydrogens (tertiary/aromatic N) is 2. The SMILES string of the molecule is O=C(O)c1nc(Oc2cccc([N+](=O)[O-])c2Br)ccc1Cl. The van der Waals surface area contributed by atoms with Crippen LogP contribution >= 0.6 is 27.5 Å². The van der Waals surface area contributed by atoms with Crippen molar-refractivity contribution in [3.8, 4) is 11.6 Å². The maximum Gasteiger partial charge on any atom is 0.356 e. The largest absolute Gasteiger partial charge is 0.476 e. The van der Waals surface area contributed by atoms with Crippen LogP contribution in [0.5, 0.6) is 11.6 Å². The number of nitro benzene ring substituents is 1. The highest BCUT2D eigenvalue weighted by molar-refractivity contribution is 9.10. The minimum Gasteiger partial charge on any atom is -0.476 e. The summed E-state index contributed by atoms with van der Waals surface area (Å²) < 4.78 is 5.49. The van der Waals surface area contributed by atoms with E-state index in [-0.39, 0.29) is 32.5 Å². The summed E-state index contributed by atoms with van der Waals surface area (Å²) >= 11 is 8.76. The van der Waals surface area contributed by atoms with E-state index in [4.69, 9.17) is 21.4 Å². The zero-order valence-electron chi connectivity index (χ0n) is 10.1. The van der Waals surface area contributed by atoms with E-state index in [2.05, 4.69) is 20.9 Å². The molecular formula is C12H6BrClN2O5. The fourth-order valence-electron chi connectivity index (χ4n) is 1.46. The highest BCUT2D eigenvalue weighted by Gasteiger charge is 2.18. The Morgan fingerprint density at radius 1 is 1.38 bits per heavy atom. The number of benzene rings is 1. The molecule has 0 spiro atoms. The number of carboxylic acid groups (broad SMARTS) is 1. The normalized spacial score (nSPS) is 10.2. The van der Waals surface area contributed by atoms with Crippen LogP contribution in [0.2, 0.25) is 5.02 Å². The molecular weight excluding hydrogens is 367 g/mol. The van der Waals surface area contributed by atoms with E-state index in [0.717, 1.165) is 0 Å². The molecule has 0 saturated carbocycles. The topological polar surface area (TPSA) is 103 Å². The van der Waals surface area contributed by atoms with Gasteiger partial charge in [0, 0.05) is 12.1 Å². The summed E-state index contributed by atoms with van der Waals surface area (Å²) in [5, 5.41) is 19.7. The number of carbonyl (C=O) groups is 1. The predicted octanol–water partition coefficient (Wildman–Crippen LogP) is 3.90. The van der Waals surface area contributed by atoms with Crippen molar-refractivity contribution in [3.63, 3.8) is 0 Å². The first kappa shape index (κ1) is 15.2. The Kier molecular flexibility index (Phi) is 4.39. The number of ether oxygens (including phenoxy) is 1. The van der Waals surface area contributed by atoms with Gasteiger partial charge in [-0.25, -0.2) is 9.78 Å². The first-order valence-electron chi connectivity index (χ1n) is 5.40. The molecule has 0 fully saturated rings. The fraction of sp³-hybridized carbons (Fsp3) is 0. The first-order chi connectivity index (χ1) is 9.90. The molecule has 0 atom stereocenters. The minimum absolute atomic E-state index is 0.0343. The molecule has 0 unspecified atom stereocenters. The Balaban J connectivity index is 2.39. The Hall–Kier alpha value is -2.19. The van der Waals surface area contributed by atoms with Crippen molar-refractivity contribution in [1.82, 2.24) is 4.98 Å². The average Bonchev–Trinajstić information content (AvgIpc) is 2.42. The van der Waals surface area contributed by atoms with Crippen LogP contribution in [0.25, 0.3) is 0 Å². The van der Waals surface area contributed by atoms with Crippen LogP contribution < -0.4 is 4.74 Å². The van der Waals surface area contributed by atoms with Gasteiger partial charge in [-0.2, -0.15) is 0 Å². The summed E-state index contributed by atoms with van der Waals surface area (Å²) in [5.74, 6) is -1.21. The first-order valence-corrected chi connectivity index (χ1v) is 6.58. The van der Waals surface area contributed by atoms with Crippen LogP contribution in [0, 0.1) is 10.1 Å². The highest BCUT2D eigenvalue weighted by atomic mass is 79.9. The van der Waals surface area contributed by atoms with Crippen LogP contribution in [0.3, 0.4) is 0 Å². The summed E-state index contributed by atoms with van der Waals surface area (Å²) in [6.07, 6.45) is 0. The lowest BCUT2D eigenvalue weighted by Gasteiger charge is -2.08. The number of pyridine rings is 1. The van der Waals surface area contributed by atoms with Gasteiger partial charge in [-0.1, -0.05) is 17.7 Å². The lowest BCUT2D eigenvalue weighted by atomic mass is 10.3. The van der Waals surface area contributed by atoms with Gasteiger partial charge in [0.05, 0.1) is 9.95 Å². The molecule has 1 aromatic heterocycles. The van der Waals surface area contributed by atoms with E-state index in [0.29, 0.717) is 0 Å². The third-order valence-corrected chi connectivity index (χ3v) is 3.48. The van der Waals surface area contributed by atoms with E-state index in [1.54, 1.807) is 0 Å². The van der Waals surface area contributed by atoms with Gasteiger partial charge in [-0.05, 0) is 28.1 Å². The molecule has 0 aliphatic rings. The number of hydrogen-bond donors (Lipinski definition) is 1.